The van der Waals surface area contributed by atoms with Crippen LogP contribution in [0.5, 0.6) is 11.5 Å². The van der Waals surface area contributed by atoms with Gasteiger partial charge in [0.05, 0.1) is 38.3 Å². The highest BCUT2D eigenvalue weighted by Crippen LogP contribution is 2.59. The molecule has 1 unspecified atom stereocenters. The van der Waals surface area contributed by atoms with Gasteiger partial charge in [0.15, 0.2) is 24.0 Å². The summed E-state index contributed by atoms with van der Waals surface area (Å²) in [6.45, 7) is 8.75. The largest absolute Gasteiger partial charge is 0.462 e. The van der Waals surface area contributed by atoms with Crippen LogP contribution >= 0.6 is 23.6 Å². The topological polar surface area (TPSA) is 312 Å². The van der Waals surface area contributed by atoms with E-state index in [1.807, 2.05) is 62.4 Å². The fourth-order valence-corrected chi connectivity index (χ4v) is 15.1. The summed E-state index contributed by atoms with van der Waals surface area (Å²) in [4.78, 5) is 77.5. The van der Waals surface area contributed by atoms with Crippen molar-refractivity contribution < 1.29 is 86.8 Å². The van der Waals surface area contributed by atoms with Crippen molar-refractivity contribution in [1.82, 2.24) is 25.0 Å². The molecule has 28 heteroatoms. The summed E-state index contributed by atoms with van der Waals surface area (Å²) >= 11 is 12.7. The van der Waals surface area contributed by atoms with Crippen LogP contribution in [0.25, 0.3) is 0 Å². The number of ketones is 2. The van der Waals surface area contributed by atoms with Crippen molar-refractivity contribution in [3.8, 4) is 11.5 Å². The van der Waals surface area contributed by atoms with E-state index in [9.17, 15) is 49.2 Å². The third-order valence-corrected chi connectivity index (χ3v) is 18.9. The van der Waals surface area contributed by atoms with Crippen molar-refractivity contribution >= 4 is 82.6 Å². The number of carbonyl (C=O) groups is 6. The molecule has 3 aromatic rings. The Hall–Kier alpha value is -4.86. The first-order chi connectivity index (χ1) is 37.1. The first-order valence-corrected chi connectivity index (χ1v) is 31.5. The van der Waals surface area contributed by atoms with Gasteiger partial charge < -0.3 is 58.1 Å². The average Bonchev–Trinajstić information content (AvgIpc) is 3.74. The number of aliphatic hydroxyl groups is 5. The van der Waals surface area contributed by atoms with Crippen LogP contribution in [0, 0.1) is 0 Å². The van der Waals surface area contributed by atoms with Gasteiger partial charge in [0.25, 0.3) is 0 Å². The molecule has 2 saturated heterocycles. The van der Waals surface area contributed by atoms with E-state index in [0.717, 1.165) is 14.8 Å². The van der Waals surface area contributed by atoms with E-state index < -0.39 is 96.8 Å². The van der Waals surface area contributed by atoms with E-state index in [0.29, 0.717) is 11.5 Å². The number of nitrogens with one attached hydrogen (secondary N) is 2. The van der Waals surface area contributed by atoms with Gasteiger partial charge in [0.1, 0.15) is 64.2 Å². The molecule has 0 bridgehead atoms. The number of hydrogen-bond donors (Lipinski definition) is 7. The van der Waals surface area contributed by atoms with Crippen LogP contribution in [0.3, 0.4) is 0 Å². The number of esters is 2. The number of hydrogen-bond acceptors (Lipinski definition) is 22. The molecule has 2 aromatic carbocycles. The molecule has 23 nitrogen and oxygen atoms in total. The Balaban J connectivity index is 0.000000334. The summed E-state index contributed by atoms with van der Waals surface area (Å²) in [5, 5.41) is 57.4. The van der Waals surface area contributed by atoms with E-state index in [4.69, 9.17) is 61.2 Å². The number of nitrogens with zero attached hydrogens (tertiary/aromatic N) is 3. The van der Waals surface area contributed by atoms with Crippen LogP contribution in [0.15, 0.2) is 115 Å². The third-order valence-electron chi connectivity index (χ3n) is 11.6. The second-order valence-corrected chi connectivity index (χ2v) is 28.6. The molecule has 0 radical (unpaired) electrons. The molecule has 7 N–H and O–H groups in total. The van der Waals surface area contributed by atoms with Gasteiger partial charge in [-0.25, -0.2) is 15.2 Å². The Bertz CT molecular complexity index is 2700. The molecule has 12 atom stereocenters. The summed E-state index contributed by atoms with van der Waals surface area (Å²) in [6, 6.07) is 22.0. The molecule has 2 fully saturated rings. The molecule has 2 amide bonds. The number of allylic oxidation sites excluding steroid dienone is 2. The number of aliphatic hydroxyl groups excluding tert-OH is 3. The quantitative estimate of drug-likeness (QED) is 0.0434. The monoisotopic (exact) mass is 1230 g/mol. The maximum Gasteiger partial charge on any atom is 0.323 e. The Kier molecular flexibility index (Phi) is 27.1. The second kappa shape index (κ2) is 31.2. The summed E-state index contributed by atoms with van der Waals surface area (Å²) in [5.74, 6) is -1.66. The zero-order valence-electron chi connectivity index (χ0n) is 44.5. The van der Waals surface area contributed by atoms with Gasteiger partial charge in [0, 0.05) is 18.6 Å². The average molecular weight is 1230 g/mol. The van der Waals surface area contributed by atoms with E-state index in [2.05, 4.69) is 15.2 Å². The summed E-state index contributed by atoms with van der Waals surface area (Å²) < 4.78 is 39.4. The second-order valence-electron chi connectivity index (χ2n) is 19.1. The predicted molar refractivity (Wildman–Crippen MR) is 309 cm³/mol. The Labute approximate surface area is 486 Å². The van der Waals surface area contributed by atoms with E-state index >= 15 is 0 Å². The Morgan fingerprint density at radius 2 is 1.14 bits per heavy atom. The van der Waals surface area contributed by atoms with Gasteiger partial charge in [0.2, 0.25) is 17.4 Å². The lowest BCUT2D eigenvalue weighted by Gasteiger charge is -2.34. The molecule has 0 spiro atoms. The highest BCUT2D eigenvalue weighted by atomic mass is 32.9. The lowest BCUT2D eigenvalue weighted by molar-refractivity contribution is -0.159. The van der Waals surface area contributed by atoms with Crippen LogP contribution < -0.4 is 19.2 Å². The highest BCUT2D eigenvalue weighted by molar-refractivity contribution is 8.68. The molecular weight excluding hydrogens is 1150 g/mol. The molecule has 4 aliphatic rings. The molecule has 81 heavy (non-hydrogen) atoms. The molecule has 0 saturated carbocycles. The standard InChI is InChI=1S/C23H31N2O9PS.C17H21N2O3PS2.C11H15NO6.2CH4/c1-14(2)32-21(29)15(3)24-35(36,34-17-8-6-5-7-9-17)31-13-18-20(28)23(4,30)22(33-18)25-11-10-16(26)12-19(25)27;1-13(2)21-17(20)14(3)19-23(24,22-15-9-5-4-6-10-15)25-16-11-7-8-12-18-16;1-11(17)9(16)7(5-13)18-10(11)12-3-2-6(14)4-8(12)15;;/h5-11,14-15,18,20,22,28,30H,12-13H2,1-4H3,(H,24,36);4-14H,1-3H3,(H,19,24);2-3,7,9-10,13,16-17H,4-5H2,1H3;2*1H4/t15-,18+,20+,22+,23+,35-;14-,23?;7-,9-,10-,11-;;/m001../s1. The minimum absolute atomic E-state index is 0. The number of benzene rings is 2. The van der Waals surface area contributed by atoms with Gasteiger partial charge >= 0.3 is 18.6 Å². The molecule has 7 rings (SSSR count). The molecule has 1 aromatic heterocycles. The van der Waals surface area contributed by atoms with Gasteiger partial charge in [-0.1, -0.05) is 57.3 Å². The molecule has 5 heterocycles. The number of aromatic nitrogens is 1. The minimum atomic E-state index is -3.42. The van der Waals surface area contributed by atoms with Crippen molar-refractivity contribution in [2.24, 2.45) is 0 Å². The zero-order valence-corrected chi connectivity index (χ0v) is 48.7. The normalized spacial score (nSPS) is 26.3. The third kappa shape index (κ3) is 19.9. The Morgan fingerprint density at radius 3 is 1.56 bits per heavy atom. The highest BCUT2D eigenvalue weighted by Gasteiger charge is 2.57. The van der Waals surface area contributed by atoms with E-state index in [-0.39, 0.29) is 64.0 Å². The predicted octanol–water partition coefficient (Wildman–Crippen LogP) is 5.20. The lowest BCUT2D eigenvalue weighted by Crippen LogP contribution is -2.54. The zero-order chi connectivity index (χ0) is 58.5. The number of ether oxygens (including phenoxy) is 4. The number of carbonyl (C=O) groups excluding carboxylic acids is 6. The van der Waals surface area contributed by atoms with Crippen molar-refractivity contribution in [1.29, 1.82) is 0 Å². The maximum absolute atomic E-state index is 12.4. The number of pyridine rings is 1. The van der Waals surface area contributed by atoms with E-state index in [1.165, 1.54) is 49.8 Å². The van der Waals surface area contributed by atoms with Crippen LogP contribution in [-0.4, -0.2) is 161 Å². The molecular formula is C53H75N5O18P2S3. The van der Waals surface area contributed by atoms with Crippen molar-refractivity contribution in [3.63, 3.8) is 0 Å². The lowest BCUT2D eigenvalue weighted by atomic mass is 9.95. The van der Waals surface area contributed by atoms with E-state index in [1.54, 1.807) is 64.2 Å². The summed E-state index contributed by atoms with van der Waals surface area (Å²) in [7, 11) is 0. The van der Waals surface area contributed by atoms with Crippen LogP contribution in [-0.2, 0) is 75.9 Å². The fraction of sp³-hybridized carbons (Fsp3) is 0.491. The summed E-state index contributed by atoms with van der Waals surface area (Å²) in [5.41, 5.74) is -6.27. The molecule has 4 aliphatic heterocycles. The first kappa shape index (κ1) is 70.4. The number of rotatable bonds is 20. The fourth-order valence-electron chi connectivity index (χ4n) is 7.62. The van der Waals surface area contributed by atoms with Crippen molar-refractivity contribution in [2.45, 2.75) is 160 Å². The number of amides is 2. The van der Waals surface area contributed by atoms with Gasteiger partial charge in [-0.2, -0.15) is 0 Å². The molecule has 448 valence electrons. The van der Waals surface area contributed by atoms with Crippen LogP contribution in [0.2, 0.25) is 0 Å². The van der Waals surface area contributed by atoms with Crippen LogP contribution in [0.4, 0.5) is 0 Å². The van der Waals surface area contributed by atoms with Gasteiger partial charge in [-0.3, -0.25) is 38.6 Å². The number of para-hydroxylation sites is 2. The smallest absolute Gasteiger partial charge is 0.323 e. The summed E-state index contributed by atoms with van der Waals surface area (Å²) in [6.07, 6.45) is -1.89. The SMILES string of the molecule is C.C.CC(C)OC(=O)[C@H](C)NP(=S)(Oc1ccccc1)Sc1ccccn1.CC(C)OC(=O)[C@H](C)N[P@](=S)(OC[C@H]1O[C@@H](N2C=CC(=O)CC2=O)[C@](C)(O)[C@@H]1O)Oc1ccccc1.C[C@@]1(O)[C@H](O)[C@@H](CO)O[C@H]1N1C=CC(=O)CC1=O. The van der Waals surface area contributed by atoms with Crippen molar-refractivity contribution in [2.75, 3.05) is 13.2 Å². The van der Waals surface area contributed by atoms with Crippen molar-refractivity contribution in [3.05, 3.63) is 110 Å². The first-order valence-electron chi connectivity index (χ1n) is 24.8. The minimum Gasteiger partial charge on any atom is -0.462 e. The molecule has 0 aliphatic carbocycles. The maximum atomic E-state index is 12.4. The van der Waals surface area contributed by atoms with Gasteiger partial charge in [-0.05, 0) is 139 Å². The van der Waals surface area contributed by atoms with Crippen LogP contribution in [0.1, 0.15) is 83.1 Å². The Morgan fingerprint density at radius 1 is 0.704 bits per heavy atom. The van der Waals surface area contributed by atoms with Gasteiger partial charge in [-0.15, -0.1) is 0 Å².